The zero-order chi connectivity index (χ0) is 15.1. The van der Waals surface area contributed by atoms with Gasteiger partial charge in [0.25, 0.3) is 0 Å². The van der Waals surface area contributed by atoms with E-state index >= 15 is 0 Å². The molecule has 10 nitrogen and oxygen atoms in total. The zero-order valence-electron chi connectivity index (χ0n) is 12.5. The van der Waals surface area contributed by atoms with Crippen molar-refractivity contribution in [2.24, 2.45) is 0 Å². The van der Waals surface area contributed by atoms with Gasteiger partial charge in [-0.3, -0.25) is 0 Å². The summed E-state index contributed by atoms with van der Waals surface area (Å²) in [6.07, 6.45) is 0. The van der Waals surface area contributed by atoms with Gasteiger partial charge in [0.15, 0.2) is 0 Å². The van der Waals surface area contributed by atoms with Gasteiger partial charge in [-0.25, -0.2) is 9.59 Å². The fourth-order valence-electron chi connectivity index (χ4n) is 1.31. The van der Waals surface area contributed by atoms with Crippen LogP contribution in [0.1, 0.15) is 20.7 Å². The number of carboxylic acid groups (broad SMARTS) is 2. The van der Waals surface area contributed by atoms with Crippen molar-refractivity contribution in [3.8, 4) is 11.5 Å². The SMILES string of the molecule is O.O.O.O.O=C(O)c1ccccc1O.O=C(O)c1ccccc1O.[Ni]. The van der Waals surface area contributed by atoms with Gasteiger partial charge in [-0.1, -0.05) is 24.3 Å². The van der Waals surface area contributed by atoms with E-state index in [1.165, 1.54) is 24.3 Å². The molecule has 0 fully saturated rings. The monoisotopic (exact) mass is 406 g/mol. The van der Waals surface area contributed by atoms with Gasteiger partial charge in [0.05, 0.1) is 0 Å². The van der Waals surface area contributed by atoms with Crippen LogP contribution in [0.4, 0.5) is 0 Å². The maximum atomic E-state index is 10.3. The van der Waals surface area contributed by atoms with Gasteiger partial charge in [0.2, 0.25) is 0 Å². The third-order valence-electron chi connectivity index (χ3n) is 2.27. The summed E-state index contributed by atoms with van der Waals surface area (Å²) in [5.74, 6) is -2.62. The Kier molecular flexibility index (Phi) is 21.9. The summed E-state index contributed by atoms with van der Waals surface area (Å²) >= 11 is 0. The molecule has 0 aliphatic heterocycles. The van der Waals surface area contributed by atoms with Crippen LogP contribution in [0.15, 0.2) is 48.5 Å². The number of hydrogen-bond acceptors (Lipinski definition) is 4. The van der Waals surface area contributed by atoms with Gasteiger partial charge < -0.3 is 42.3 Å². The second-order valence-corrected chi connectivity index (χ2v) is 3.64. The van der Waals surface area contributed by atoms with Crippen LogP contribution in [0.25, 0.3) is 0 Å². The Morgan fingerprint density at radius 1 is 0.600 bits per heavy atom. The average Bonchev–Trinajstić information content (AvgIpc) is 2.40. The van der Waals surface area contributed by atoms with Crippen LogP contribution in [0.3, 0.4) is 0 Å². The Hall–Kier alpha value is -2.69. The van der Waals surface area contributed by atoms with Gasteiger partial charge in [0.1, 0.15) is 22.6 Å². The number of hydrogen-bond donors (Lipinski definition) is 4. The number of para-hydroxylation sites is 2. The molecular formula is C14H20NiO10. The summed E-state index contributed by atoms with van der Waals surface area (Å²) in [6, 6.07) is 11.6. The van der Waals surface area contributed by atoms with Crippen LogP contribution in [-0.4, -0.2) is 54.3 Å². The van der Waals surface area contributed by atoms with Crippen molar-refractivity contribution in [1.29, 1.82) is 0 Å². The molecule has 2 rings (SSSR count). The molecule has 0 spiro atoms. The van der Waals surface area contributed by atoms with Crippen molar-refractivity contribution in [3.63, 3.8) is 0 Å². The van der Waals surface area contributed by atoms with E-state index in [-0.39, 0.29) is 61.0 Å². The van der Waals surface area contributed by atoms with Crippen LogP contribution >= 0.6 is 0 Å². The first-order valence-electron chi connectivity index (χ1n) is 5.46. The molecule has 12 N–H and O–H groups in total. The maximum Gasteiger partial charge on any atom is 0.339 e. The Labute approximate surface area is 152 Å². The van der Waals surface area contributed by atoms with Crippen molar-refractivity contribution >= 4 is 11.9 Å². The second-order valence-electron chi connectivity index (χ2n) is 3.64. The van der Waals surface area contributed by atoms with Gasteiger partial charge in [-0.05, 0) is 24.3 Å². The molecular weight excluding hydrogens is 387 g/mol. The van der Waals surface area contributed by atoms with Crippen molar-refractivity contribution in [1.82, 2.24) is 0 Å². The molecule has 0 amide bonds. The van der Waals surface area contributed by atoms with E-state index in [4.69, 9.17) is 20.4 Å². The van der Waals surface area contributed by atoms with Gasteiger partial charge in [0, 0.05) is 16.5 Å². The quantitative estimate of drug-likeness (QED) is 0.449. The summed E-state index contributed by atoms with van der Waals surface area (Å²) in [6.45, 7) is 0. The molecule has 2 aromatic rings. The third-order valence-corrected chi connectivity index (χ3v) is 2.27. The van der Waals surface area contributed by atoms with E-state index < -0.39 is 11.9 Å². The van der Waals surface area contributed by atoms with Crippen molar-refractivity contribution < 1.29 is 68.4 Å². The van der Waals surface area contributed by atoms with E-state index in [1.807, 2.05) is 0 Å². The number of phenols is 2. The predicted octanol–water partition coefficient (Wildman–Crippen LogP) is -1.12. The molecule has 0 saturated heterocycles. The fourth-order valence-corrected chi connectivity index (χ4v) is 1.31. The second kappa shape index (κ2) is 16.2. The van der Waals surface area contributed by atoms with E-state index in [0.29, 0.717) is 0 Å². The average molecular weight is 407 g/mol. The van der Waals surface area contributed by atoms with E-state index in [0.717, 1.165) is 0 Å². The number of carboxylic acids is 2. The summed E-state index contributed by atoms with van der Waals surface area (Å²) in [5, 5.41) is 34.6. The normalized spacial score (nSPS) is 7.36. The molecule has 0 heterocycles. The molecule has 25 heavy (non-hydrogen) atoms. The van der Waals surface area contributed by atoms with Gasteiger partial charge >= 0.3 is 11.9 Å². The molecule has 0 atom stereocenters. The zero-order valence-corrected chi connectivity index (χ0v) is 13.5. The standard InChI is InChI=1S/2C7H6O3.Ni.4H2O/c2*8-6-4-2-1-3-5(6)7(9)10;;;;;/h2*1-4,8H,(H,9,10);;4*1H2. The number of aromatic carboxylic acids is 2. The number of carbonyl (C=O) groups is 2. The maximum absolute atomic E-state index is 10.3. The van der Waals surface area contributed by atoms with Gasteiger partial charge in [-0.2, -0.15) is 0 Å². The summed E-state index contributed by atoms with van der Waals surface area (Å²) in [7, 11) is 0. The van der Waals surface area contributed by atoms with Crippen molar-refractivity contribution in [3.05, 3.63) is 59.7 Å². The van der Waals surface area contributed by atoms with Crippen molar-refractivity contribution in [2.75, 3.05) is 0 Å². The molecule has 2 aromatic carbocycles. The largest absolute Gasteiger partial charge is 0.507 e. The first-order chi connectivity index (χ1) is 9.43. The van der Waals surface area contributed by atoms with Gasteiger partial charge in [-0.15, -0.1) is 0 Å². The van der Waals surface area contributed by atoms with E-state index in [1.54, 1.807) is 24.3 Å². The minimum Gasteiger partial charge on any atom is -0.507 e. The molecule has 0 aromatic heterocycles. The number of rotatable bonds is 2. The summed E-state index contributed by atoms with van der Waals surface area (Å²) < 4.78 is 0. The Bertz CT molecular complexity index is 577. The van der Waals surface area contributed by atoms with Crippen LogP contribution < -0.4 is 0 Å². The molecule has 0 unspecified atom stereocenters. The van der Waals surface area contributed by atoms with E-state index in [9.17, 15) is 9.59 Å². The first-order valence-corrected chi connectivity index (χ1v) is 5.46. The molecule has 0 saturated carbocycles. The Morgan fingerprint density at radius 3 is 1.00 bits per heavy atom. The first kappa shape index (κ1) is 33.8. The minimum absolute atomic E-state index is 0. The molecule has 146 valence electrons. The number of aromatic hydroxyl groups is 2. The molecule has 0 aliphatic rings. The summed E-state index contributed by atoms with van der Waals surface area (Å²) in [5.41, 5.74) is -0.134. The van der Waals surface area contributed by atoms with Crippen LogP contribution in [0.2, 0.25) is 0 Å². The number of benzene rings is 2. The van der Waals surface area contributed by atoms with Crippen molar-refractivity contribution in [2.45, 2.75) is 0 Å². The fraction of sp³-hybridized carbons (Fsp3) is 0. The Morgan fingerprint density at radius 2 is 0.840 bits per heavy atom. The molecule has 11 heteroatoms. The molecule has 0 radical (unpaired) electrons. The predicted molar refractivity (Wildman–Crippen MR) is 84.6 cm³/mol. The third kappa shape index (κ3) is 10.7. The molecule has 0 aliphatic carbocycles. The Balaban J connectivity index is -0.0000000889. The van der Waals surface area contributed by atoms with Crippen LogP contribution in [0, 0.1) is 0 Å². The topological polar surface area (TPSA) is 241 Å². The smallest absolute Gasteiger partial charge is 0.339 e. The molecule has 0 bridgehead atoms. The van der Waals surface area contributed by atoms with Crippen LogP contribution in [0.5, 0.6) is 11.5 Å². The van der Waals surface area contributed by atoms with Crippen LogP contribution in [-0.2, 0) is 16.5 Å². The van der Waals surface area contributed by atoms with E-state index in [2.05, 4.69) is 0 Å². The summed E-state index contributed by atoms with van der Waals surface area (Å²) in [4.78, 5) is 20.5. The minimum atomic E-state index is -1.11.